The van der Waals surface area contributed by atoms with Crippen molar-refractivity contribution in [2.24, 2.45) is 0 Å². The Labute approximate surface area is 146 Å². The van der Waals surface area contributed by atoms with Gasteiger partial charge < -0.3 is 4.74 Å². The Bertz CT molecular complexity index is 551. The number of ether oxygens (including phenoxy) is 1. The summed E-state index contributed by atoms with van der Waals surface area (Å²) in [4.78, 5) is 21.2. The minimum atomic E-state index is -0.519. The van der Waals surface area contributed by atoms with Crippen LogP contribution in [0.2, 0.25) is 0 Å². The molecule has 2 unspecified atom stereocenters. The molecule has 1 saturated heterocycles. The summed E-state index contributed by atoms with van der Waals surface area (Å²) in [6.45, 7) is 10.8. The topological polar surface area (TPSA) is 45.7 Å². The molecule has 0 aromatic carbocycles. The summed E-state index contributed by atoms with van der Waals surface area (Å²) < 4.78 is 5.56. The molecule has 1 aromatic heterocycles. The predicted octanol–water partition coefficient (Wildman–Crippen LogP) is 4.39. The second kappa shape index (κ2) is 7.51. The lowest BCUT2D eigenvalue weighted by Crippen LogP contribution is -2.42. The molecule has 134 valence electrons. The highest BCUT2D eigenvalue weighted by Gasteiger charge is 2.28. The first-order valence-electron chi connectivity index (χ1n) is 8.91. The number of carbonyl (C=O) groups excluding carboxylic acids is 1. The van der Waals surface area contributed by atoms with Crippen LogP contribution in [-0.2, 0) is 4.74 Å². The van der Waals surface area contributed by atoms with E-state index >= 15 is 0 Å². The maximum absolute atomic E-state index is 12.6. The zero-order valence-corrected chi connectivity index (χ0v) is 15.9. The molecule has 2 rings (SSSR count). The lowest BCUT2D eigenvalue weighted by atomic mass is 10.1. The molecule has 2 heterocycles. The average Bonchev–Trinajstić information content (AvgIpc) is 2.92. The van der Waals surface area contributed by atoms with E-state index in [2.05, 4.69) is 29.9 Å². The molecule has 1 aromatic rings. The van der Waals surface area contributed by atoms with Crippen LogP contribution < -0.4 is 4.90 Å². The van der Waals surface area contributed by atoms with Crippen molar-refractivity contribution in [2.45, 2.75) is 71.6 Å². The number of amides is 1. The highest BCUT2D eigenvalue weighted by molar-refractivity contribution is 5.87. The first-order valence-corrected chi connectivity index (χ1v) is 8.91. The number of hydrogen-bond donors (Lipinski definition) is 0. The van der Waals surface area contributed by atoms with Gasteiger partial charge in [-0.15, -0.1) is 0 Å². The fourth-order valence-corrected chi connectivity index (χ4v) is 3.06. The standard InChI is InChI=1S/C19H31N3O2/c1-7-14(2)22(18(23)24-19(3,4)5)17-11-10-15(13-20-17)16-9-8-12-21(16)6/h10-11,13-14,16H,7-9,12H2,1-6H3. The number of hydrogen-bond acceptors (Lipinski definition) is 4. The highest BCUT2D eigenvalue weighted by atomic mass is 16.6. The van der Waals surface area contributed by atoms with Gasteiger partial charge in [0.25, 0.3) is 0 Å². The van der Waals surface area contributed by atoms with Crippen LogP contribution in [0.4, 0.5) is 10.6 Å². The minimum Gasteiger partial charge on any atom is -0.443 e. The van der Waals surface area contributed by atoms with Gasteiger partial charge in [0.15, 0.2) is 0 Å². The molecule has 0 radical (unpaired) electrons. The number of nitrogens with zero attached hydrogens (tertiary/aromatic N) is 3. The third kappa shape index (κ3) is 4.47. The summed E-state index contributed by atoms with van der Waals surface area (Å²) >= 11 is 0. The van der Waals surface area contributed by atoms with Crippen LogP contribution >= 0.6 is 0 Å². The van der Waals surface area contributed by atoms with Crippen molar-refractivity contribution < 1.29 is 9.53 Å². The Morgan fingerprint density at radius 1 is 1.46 bits per heavy atom. The van der Waals surface area contributed by atoms with E-state index < -0.39 is 5.60 Å². The van der Waals surface area contributed by atoms with E-state index in [-0.39, 0.29) is 12.1 Å². The van der Waals surface area contributed by atoms with E-state index in [9.17, 15) is 4.79 Å². The van der Waals surface area contributed by atoms with Gasteiger partial charge in [-0.25, -0.2) is 9.78 Å². The zero-order chi connectivity index (χ0) is 17.9. The monoisotopic (exact) mass is 333 g/mol. The predicted molar refractivity (Wildman–Crippen MR) is 97.3 cm³/mol. The van der Waals surface area contributed by atoms with Gasteiger partial charge in [0, 0.05) is 18.3 Å². The van der Waals surface area contributed by atoms with E-state index in [1.165, 1.54) is 18.4 Å². The normalized spacial score (nSPS) is 20.0. The van der Waals surface area contributed by atoms with Crippen LogP contribution in [0.15, 0.2) is 18.3 Å². The molecule has 0 spiro atoms. The third-order valence-electron chi connectivity index (χ3n) is 4.54. The van der Waals surface area contributed by atoms with Crippen LogP contribution in [-0.4, -0.2) is 41.2 Å². The van der Waals surface area contributed by atoms with Gasteiger partial charge in [-0.05, 0) is 72.2 Å². The number of carbonyl (C=O) groups is 1. The van der Waals surface area contributed by atoms with E-state index in [4.69, 9.17) is 4.74 Å². The summed E-state index contributed by atoms with van der Waals surface area (Å²) in [7, 11) is 2.15. The summed E-state index contributed by atoms with van der Waals surface area (Å²) in [6.07, 6.45) is 4.80. The molecule has 24 heavy (non-hydrogen) atoms. The van der Waals surface area contributed by atoms with Crippen molar-refractivity contribution in [3.63, 3.8) is 0 Å². The van der Waals surface area contributed by atoms with Crippen LogP contribution in [0, 0.1) is 0 Å². The third-order valence-corrected chi connectivity index (χ3v) is 4.54. The van der Waals surface area contributed by atoms with E-state index in [0.717, 1.165) is 13.0 Å². The Kier molecular flexibility index (Phi) is 5.86. The largest absolute Gasteiger partial charge is 0.443 e. The Morgan fingerprint density at radius 3 is 2.62 bits per heavy atom. The quantitative estimate of drug-likeness (QED) is 0.820. The van der Waals surface area contributed by atoms with Gasteiger partial charge in [0.2, 0.25) is 0 Å². The van der Waals surface area contributed by atoms with Gasteiger partial charge >= 0.3 is 6.09 Å². The Balaban J connectivity index is 2.22. The van der Waals surface area contributed by atoms with Gasteiger partial charge in [0.05, 0.1) is 0 Å². The van der Waals surface area contributed by atoms with Crippen molar-refractivity contribution in [2.75, 3.05) is 18.5 Å². The minimum absolute atomic E-state index is 0.0346. The van der Waals surface area contributed by atoms with E-state index in [1.807, 2.05) is 40.0 Å². The molecule has 1 aliphatic rings. The van der Waals surface area contributed by atoms with Crippen LogP contribution in [0.25, 0.3) is 0 Å². The van der Waals surface area contributed by atoms with Gasteiger partial charge in [-0.2, -0.15) is 0 Å². The van der Waals surface area contributed by atoms with Crippen molar-refractivity contribution in [1.29, 1.82) is 0 Å². The smallest absolute Gasteiger partial charge is 0.416 e. The fourth-order valence-electron chi connectivity index (χ4n) is 3.06. The molecule has 2 atom stereocenters. The number of likely N-dealkylation sites (tertiary alicyclic amines) is 1. The van der Waals surface area contributed by atoms with Gasteiger partial charge in [-0.3, -0.25) is 9.80 Å². The van der Waals surface area contributed by atoms with E-state index in [1.54, 1.807) is 4.90 Å². The molecule has 5 heteroatoms. The second-order valence-corrected chi connectivity index (χ2v) is 7.70. The molecule has 1 aliphatic heterocycles. The number of anilines is 1. The summed E-state index contributed by atoms with van der Waals surface area (Å²) in [5.41, 5.74) is 0.696. The molecular weight excluding hydrogens is 302 g/mol. The molecule has 1 amide bonds. The molecule has 0 bridgehead atoms. The van der Waals surface area contributed by atoms with Crippen LogP contribution in [0.5, 0.6) is 0 Å². The average molecular weight is 333 g/mol. The maximum atomic E-state index is 12.6. The molecule has 0 saturated carbocycles. The number of aromatic nitrogens is 1. The van der Waals surface area contributed by atoms with Crippen molar-refractivity contribution in [3.05, 3.63) is 23.9 Å². The molecule has 1 fully saturated rings. The summed E-state index contributed by atoms with van der Waals surface area (Å²) in [5, 5.41) is 0. The molecule has 0 aliphatic carbocycles. The second-order valence-electron chi connectivity index (χ2n) is 7.70. The summed E-state index contributed by atoms with van der Waals surface area (Å²) in [5.74, 6) is 0.656. The fraction of sp³-hybridized carbons (Fsp3) is 0.684. The van der Waals surface area contributed by atoms with E-state index in [0.29, 0.717) is 11.9 Å². The molecule has 0 N–H and O–H groups in total. The first-order chi connectivity index (χ1) is 11.2. The van der Waals surface area contributed by atoms with Crippen LogP contribution in [0.1, 0.15) is 65.5 Å². The number of rotatable bonds is 4. The Hall–Kier alpha value is -1.62. The zero-order valence-electron chi connectivity index (χ0n) is 15.9. The van der Waals surface area contributed by atoms with Crippen molar-refractivity contribution in [3.8, 4) is 0 Å². The van der Waals surface area contributed by atoms with Crippen molar-refractivity contribution >= 4 is 11.9 Å². The van der Waals surface area contributed by atoms with Gasteiger partial charge in [-0.1, -0.05) is 13.0 Å². The first kappa shape index (κ1) is 18.7. The highest BCUT2D eigenvalue weighted by Crippen LogP contribution is 2.31. The van der Waals surface area contributed by atoms with Crippen LogP contribution in [0.3, 0.4) is 0 Å². The lowest BCUT2D eigenvalue weighted by molar-refractivity contribution is 0.0566. The summed E-state index contributed by atoms with van der Waals surface area (Å²) in [6, 6.07) is 4.50. The Morgan fingerprint density at radius 2 is 2.17 bits per heavy atom. The molecular formula is C19H31N3O2. The number of pyridine rings is 1. The SMILES string of the molecule is CCC(C)N(C(=O)OC(C)(C)C)c1ccc(C2CCCN2C)cn1. The molecule has 5 nitrogen and oxygen atoms in total. The van der Waals surface area contributed by atoms with Crippen molar-refractivity contribution in [1.82, 2.24) is 9.88 Å². The van der Waals surface area contributed by atoms with Gasteiger partial charge in [0.1, 0.15) is 11.4 Å². The maximum Gasteiger partial charge on any atom is 0.416 e. The lowest BCUT2D eigenvalue weighted by Gasteiger charge is -2.30.